The Morgan fingerprint density at radius 3 is 2.80 bits per heavy atom. The molecule has 1 aromatic rings. The average Bonchev–Trinajstić information content (AvgIpc) is 2.08. The number of benzene rings is 1. The number of carbonyl (C=O) groups is 1. The van der Waals surface area contributed by atoms with Crippen molar-refractivity contribution in [2.45, 2.75) is 19.4 Å². The molecule has 1 N–H and O–H groups in total. The van der Waals surface area contributed by atoms with Crippen molar-refractivity contribution in [3.8, 4) is 5.75 Å². The van der Waals surface area contributed by atoms with Gasteiger partial charge in [-0.15, -0.1) is 0 Å². The van der Waals surface area contributed by atoms with Crippen LogP contribution < -0.4 is 10.1 Å². The molecule has 0 aliphatic carbocycles. The summed E-state index contributed by atoms with van der Waals surface area (Å²) in [6, 6.07) is 2.60. The van der Waals surface area contributed by atoms with Crippen molar-refractivity contribution in [3.05, 3.63) is 23.0 Å². The van der Waals surface area contributed by atoms with Crippen LogP contribution in [0.3, 0.4) is 0 Å². The van der Waals surface area contributed by atoms with Gasteiger partial charge in [-0.25, -0.2) is 4.39 Å². The molecule has 0 aromatic heterocycles. The van der Waals surface area contributed by atoms with Crippen molar-refractivity contribution in [1.29, 1.82) is 0 Å². The number of amides is 1. The van der Waals surface area contributed by atoms with Gasteiger partial charge in [0.25, 0.3) is 5.91 Å². The van der Waals surface area contributed by atoms with Crippen LogP contribution in [0.4, 0.5) is 10.1 Å². The highest BCUT2D eigenvalue weighted by atomic mass is 35.5. The highest BCUT2D eigenvalue weighted by Gasteiger charge is 2.36. The molecule has 1 aliphatic heterocycles. The molecule has 1 amide bonds. The number of fused-ring (bicyclic) bond motifs is 1. The van der Waals surface area contributed by atoms with Crippen LogP contribution >= 0.6 is 11.6 Å². The fraction of sp³-hybridized carbons (Fsp3) is 0.300. The number of anilines is 1. The van der Waals surface area contributed by atoms with E-state index in [-0.39, 0.29) is 22.4 Å². The van der Waals surface area contributed by atoms with Crippen molar-refractivity contribution in [3.63, 3.8) is 0 Å². The highest BCUT2D eigenvalue weighted by molar-refractivity contribution is 6.31. The van der Waals surface area contributed by atoms with Crippen LogP contribution in [0.2, 0.25) is 5.02 Å². The van der Waals surface area contributed by atoms with Gasteiger partial charge in [0, 0.05) is 11.1 Å². The molecule has 80 valence electrons. The molecule has 0 saturated heterocycles. The fourth-order valence-electron chi connectivity index (χ4n) is 1.34. The molecule has 1 aromatic carbocycles. The van der Waals surface area contributed by atoms with Crippen molar-refractivity contribution in [1.82, 2.24) is 0 Å². The molecule has 3 nitrogen and oxygen atoms in total. The predicted molar refractivity (Wildman–Crippen MR) is 54.7 cm³/mol. The van der Waals surface area contributed by atoms with Crippen molar-refractivity contribution in [2.75, 3.05) is 5.32 Å². The minimum absolute atomic E-state index is 0.0451. The average molecular weight is 230 g/mol. The summed E-state index contributed by atoms with van der Waals surface area (Å²) in [7, 11) is 0. The monoisotopic (exact) mass is 229 g/mol. The maximum Gasteiger partial charge on any atom is 0.268 e. The number of ether oxygens (including phenoxy) is 1. The molecule has 1 aliphatic rings. The Labute approximate surface area is 91.2 Å². The van der Waals surface area contributed by atoms with Crippen LogP contribution in [0, 0.1) is 5.82 Å². The van der Waals surface area contributed by atoms with Gasteiger partial charge < -0.3 is 10.1 Å². The number of rotatable bonds is 0. The van der Waals surface area contributed by atoms with E-state index in [9.17, 15) is 9.18 Å². The second-order valence-corrected chi connectivity index (χ2v) is 4.26. The van der Waals surface area contributed by atoms with Crippen LogP contribution in [0.1, 0.15) is 13.8 Å². The highest BCUT2D eigenvalue weighted by Crippen LogP contribution is 2.37. The summed E-state index contributed by atoms with van der Waals surface area (Å²) in [5.41, 5.74) is -0.965. The van der Waals surface area contributed by atoms with Crippen molar-refractivity contribution < 1.29 is 13.9 Å². The summed E-state index contributed by atoms with van der Waals surface area (Å²) >= 11 is 5.68. The Morgan fingerprint density at radius 1 is 1.47 bits per heavy atom. The number of halogens is 2. The molecule has 5 heteroatoms. The lowest BCUT2D eigenvalue weighted by molar-refractivity contribution is -0.129. The van der Waals surface area contributed by atoms with Crippen molar-refractivity contribution in [2.24, 2.45) is 0 Å². The number of hydrogen-bond acceptors (Lipinski definition) is 2. The van der Waals surface area contributed by atoms with Gasteiger partial charge in [-0.2, -0.15) is 0 Å². The molecule has 0 atom stereocenters. The van der Waals surface area contributed by atoms with E-state index >= 15 is 0 Å². The van der Waals surface area contributed by atoms with Gasteiger partial charge in [0.15, 0.2) is 11.4 Å². The quantitative estimate of drug-likeness (QED) is 0.743. The zero-order chi connectivity index (χ0) is 11.2. The lowest BCUT2D eigenvalue weighted by Crippen LogP contribution is -2.45. The third kappa shape index (κ3) is 1.65. The fourth-order valence-corrected chi connectivity index (χ4v) is 1.53. The van der Waals surface area contributed by atoms with Gasteiger partial charge >= 0.3 is 0 Å². The molecular weight excluding hydrogens is 221 g/mol. The smallest absolute Gasteiger partial charge is 0.268 e. The summed E-state index contributed by atoms with van der Waals surface area (Å²) in [5, 5.41) is 2.68. The van der Waals surface area contributed by atoms with Gasteiger partial charge in [-0.1, -0.05) is 11.6 Å². The largest absolute Gasteiger partial charge is 0.476 e. The Balaban J connectivity index is 2.55. The molecule has 2 rings (SSSR count). The van der Waals surface area contributed by atoms with E-state index < -0.39 is 11.4 Å². The number of nitrogens with one attached hydrogen (secondary N) is 1. The lowest BCUT2D eigenvalue weighted by atomic mass is 10.1. The Kier molecular flexibility index (Phi) is 2.12. The predicted octanol–water partition coefficient (Wildman–Crippen LogP) is 2.59. The molecule has 0 spiro atoms. The Hall–Kier alpha value is -1.29. The SMILES string of the molecule is CC1(C)Oc2cc(Cl)cc(F)c2NC1=O. The lowest BCUT2D eigenvalue weighted by Gasteiger charge is -2.31. The summed E-state index contributed by atoms with van der Waals surface area (Å²) in [4.78, 5) is 11.5. The minimum Gasteiger partial charge on any atom is -0.476 e. The topological polar surface area (TPSA) is 38.3 Å². The van der Waals surface area contributed by atoms with Gasteiger partial charge in [0.2, 0.25) is 0 Å². The van der Waals surface area contributed by atoms with E-state index in [0.717, 1.165) is 6.07 Å². The van der Waals surface area contributed by atoms with E-state index in [1.54, 1.807) is 13.8 Å². The van der Waals surface area contributed by atoms with E-state index in [1.807, 2.05) is 0 Å². The summed E-state index contributed by atoms with van der Waals surface area (Å²) in [5.74, 6) is -0.720. The zero-order valence-corrected chi connectivity index (χ0v) is 8.98. The van der Waals surface area contributed by atoms with Crippen molar-refractivity contribution >= 4 is 23.2 Å². The van der Waals surface area contributed by atoms with E-state index in [1.165, 1.54) is 6.07 Å². The van der Waals surface area contributed by atoms with Gasteiger partial charge in [-0.05, 0) is 19.9 Å². The first-order valence-electron chi connectivity index (χ1n) is 4.40. The Morgan fingerprint density at radius 2 is 2.13 bits per heavy atom. The second kappa shape index (κ2) is 3.10. The molecule has 0 unspecified atom stereocenters. The maximum absolute atomic E-state index is 13.4. The second-order valence-electron chi connectivity index (χ2n) is 3.83. The van der Waals surface area contributed by atoms with Crippen LogP contribution in [-0.2, 0) is 4.79 Å². The Bertz CT molecular complexity index is 445. The number of hydrogen-bond donors (Lipinski definition) is 1. The molecule has 15 heavy (non-hydrogen) atoms. The first-order valence-corrected chi connectivity index (χ1v) is 4.77. The molecule has 0 radical (unpaired) electrons. The first kappa shape index (κ1) is 10.2. The normalized spacial score (nSPS) is 17.7. The van der Waals surface area contributed by atoms with Gasteiger partial charge in [0.1, 0.15) is 11.4 Å². The molecule has 0 fully saturated rings. The van der Waals surface area contributed by atoms with Crippen LogP contribution in [0.15, 0.2) is 12.1 Å². The van der Waals surface area contributed by atoms with Gasteiger partial charge in [-0.3, -0.25) is 4.79 Å². The maximum atomic E-state index is 13.4. The standard InChI is InChI=1S/C10H9ClFNO2/c1-10(2)9(14)13-8-6(12)3-5(11)4-7(8)15-10/h3-4H,1-2H3,(H,13,14). The van der Waals surface area contributed by atoms with Crippen LogP contribution in [0.5, 0.6) is 5.75 Å². The summed E-state index contributed by atoms with van der Waals surface area (Å²) < 4.78 is 18.7. The summed E-state index contributed by atoms with van der Waals surface area (Å²) in [6.07, 6.45) is 0. The minimum atomic E-state index is -1.01. The molecule has 0 bridgehead atoms. The third-order valence-corrected chi connectivity index (χ3v) is 2.39. The van der Waals surface area contributed by atoms with E-state index in [2.05, 4.69) is 5.32 Å². The first-order chi connectivity index (χ1) is 6.90. The molecular formula is C10H9ClFNO2. The van der Waals surface area contributed by atoms with Crippen LogP contribution in [0.25, 0.3) is 0 Å². The van der Waals surface area contributed by atoms with E-state index in [4.69, 9.17) is 16.3 Å². The summed E-state index contributed by atoms with van der Waals surface area (Å²) in [6.45, 7) is 3.20. The van der Waals surface area contributed by atoms with Gasteiger partial charge in [0.05, 0.1) is 0 Å². The molecule has 1 heterocycles. The van der Waals surface area contributed by atoms with Crippen LogP contribution in [-0.4, -0.2) is 11.5 Å². The molecule has 0 saturated carbocycles. The third-order valence-electron chi connectivity index (χ3n) is 2.17. The van der Waals surface area contributed by atoms with E-state index in [0.29, 0.717) is 0 Å². The number of carbonyl (C=O) groups excluding carboxylic acids is 1. The zero-order valence-electron chi connectivity index (χ0n) is 8.23.